The fraction of sp³-hybridized carbons (Fsp3) is 0.750. The summed E-state index contributed by atoms with van der Waals surface area (Å²) in [5.41, 5.74) is 0. The number of nitrogens with one attached hydrogen (secondary N) is 2. The van der Waals surface area contributed by atoms with Gasteiger partial charge in [0.05, 0.1) is 0 Å². The second kappa shape index (κ2) is 7.73. The number of hydrogen-bond acceptors (Lipinski definition) is 4. The van der Waals surface area contributed by atoms with Gasteiger partial charge in [-0.1, -0.05) is 6.92 Å². The van der Waals surface area contributed by atoms with Gasteiger partial charge in [0.2, 0.25) is 5.91 Å². The second-order valence-corrected chi connectivity index (χ2v) is 4.82. The normalized spacial score (nSPS) is 17.5. The van der Waals surface area contributed by atoms with Gasteiger partial charge in [-0.2, -0.15) is 0 Å². The van der Waals surface area contributed by atoms with Gasteiger partial charge < -0.3 is 15.2 Å². The van der Waals surface area contributed by atoms with E-state index in [0.717, 1.165) is 12.8 Å². The first-order chi connectivity index (χ1) is 8.97. The maximum Gasteiger partial charge on any atom is 0.321 e. The summed E-state index contributed by atoms with van der Waals surface area (Å²) >= 11 is 0. The van der Waals surface area contributed by atoms with Crippen LogP contribution in [0.4, 0.5) is 4.79 Å². The summed E-state index contributed by atoms with van der Waals surface area (Å²) in [6.07, 6.45) is 1.40. The third-order valence-corrected chi connectivity index (χ3v) is 2.87. The average Bonchev–Trinajstić information content (AvgIpc) is 2.28. The number of carboxylic acids is 1. The Morgan fingerprint density at radius 2 is 1.89 bits per heavy atom. The fourth-order valence-corrected chi connectivity index (χ4v) is 1.93. The van der Waals surface area contributed by atoms with E-state index in [0.29, 0.717) is 13.2 Å². The highest BCUT2D eigenvalue weighted by Gasteiger charge is 2.18. The van der Waals surface area contributed by atoms with Crippen molar-refractivity contribution in [3.8, 4) is 0 Å². The van der Waals surface area contributed by atoms with Crippen molar-refractivity contribution in [2.24, 2.45) is 5.92 Å². The molecule has 0 aromatic heterocycles. The predicted octanol–water partition coefficient (Wildman–Crippen LogP) is 0.492. The molecule has 1 saturated heterocycles. The number of aliphatic carboxylic acids is 1. The quantitative estimate of drug-likeness (QED) is 0.675. The van der Waals surface area contributed by atoms with Crippen LogP contribution in [0, 0.1) is 5.92 Å². The van der Waals surface area contributed by atoms with Crippen LogP contribution in [-0.2, 0) is 14.3 Å². The Kier molecular flexibility index (Phi) is 6.27. The Balaban J connectivity index is 2.23. The van der Waals surface area contributed by atoms with Crippen molar-refractivity contribution in [1.82, 2.24) is 10.6 Å². The van der Waals surface area contributed by atoms with Gasteiger partial charge in [0.15, 0.2) is 0 Å². The molecule has 1 aliphatic heterocycles. The third kappa shape index (κ3) is 6.76. The summed E-state index contributed by atoms with van der Waals surface area (Å²) in [6.45, 7) is 2.87. The highest BCUT2D eigenvalue weighted by Crippen LogP contribution is 2.07. The molecule has 3 N–H and O–H groups in total. The zero-order valence-electron chi connectivity index (χ0n) is 11.0. The van der Waals surface area contributed by atoms with Crippen molar-refractivity contribution >= 4 is 17.9 Å². The van der Waals surface area contributed by atoms with Crippen LogP contribution in [0.3, 0.4) is 0 Å². The van der Waals surface area contributed by atoms with E-state index in [1.165, 1.54) is 0 Å². The molecule has 19 heavy (non-hydrogen) atoms. The molecule has 0 spiro atoms. The van der Waals surface area contributed by atoms with Gasteiger partial charge in [-0.25, -0.2) is 4.79 Å². The van der Waals surface area contributed by atoms with Crippen LogP contribution in [0.1, 0.15) is 32.6 Å². The monoisotopic (exact) mass is 272 g/mol. The molecule has 7 heteroatoms. The van der Waals surface area contributed by atoms with Crippen LogP contribution in [0.2, 0.25) is 0 Å². The topological polar surface area (TPSA) is 105 Å². The Hall–Kier alpha value is -1.63. The minimum atomic E-state index is -0.952. The second-order valence-electron chi connectivity index (χ2n) is 4.82. The van der Waals surface area contributed by atoms with Crippen LogP contribution in [0.15, 0.2) is 0 Å². The zero-order chi connectivity index (χ0) is 14.3. The molecule has 1 atom stereocenters. The zero-order valence-corrected chi connectivity index (χ0v) is 11.0. The van der Waals surface area contributed by atoms with E-state index in [1.54, 1.807) is 6.92 Å². The van der Waals surface area contributed by atoms with Crippen molar-refractivity contribution < 1.29 is 24.2 Å². The lowest BCUT2D eigenvalue weighted by molar-refractivity contribution is -0.138. The van der Waals surface area contributed by atoms with Crippen LogP contribution in [0.5, 0.6) is 0 Å². The van der Waals surface area contributed by atoms with E-state index >= 15 is 0 Å². The lowest BCUT2D eigenvalue weighted by atomic mass is 10.0. The summed E-state index contributed by atoms with van der Waals surface area (Å²) in [4.78, 5) is 33.5. The molecule has 1 unspecified atom stereocenters. The third-order valence-electron chi connectivity index (χ3n) is 2.87. The highest BCUT2D eigenvalue weighted by atomic mass is 16.5. The van der Waals surface area contributed by atoms with Gasteiger partial charge in [0.1, 0.15) is 0 Å². The van der Waals surface area contributed by atoms with Gasteiger partial charge in [0, 0.05) is 32.1 Å². The average molecular weight is 272 g/mol. The molecule has 0 aliphatic carbocycles. The molecule has 0 radical (unpaired) electrons. The molecule has 0 bridgehead atoms. The smallest absolute Gasteiger partial charge is 0.321 e. The van der Waals surface area contributed by atoms with Crippen molar-refractivity contribution in [2.75, 3.05) is 13.2 Å². The Bertz CT molecular complexity index is 339. The number of urea groups is 1. The highest BCUT2D eigenvalue weighted by molar-refractivity contribution is 5.94. The molecule has 1 aliphatic rings. The minimum Gasteiger partial charge on any atom is -0.481 e. The minimum absolute atomic E-state index is 0.0213. The molecule has 1 heterocycles. The largest absolute Gasteiger partial charge is 0.481 e. The summed E-state index contributed by atoms with van der Waals surface area (Å²) in [7, 11) is 0. The van der Waals surface area contributed by atoms with Gasteiger partial charge in [-0.3, -0.25) is 14.9 Å². The van der Waals surface area contributed by atoms with Crippen LogP contribution >= 0.6 is 0 Å². The maximum absolute atomic E-state index is 11.5. The predicted molar refractivity (Wildman–Crippen MR) is 66.5 cm³/mol. The van der Waals surface area contributed by atoms with E-state index in [9.17, 15) is 14.4 Å². The first-order valence-corrected chi connectivity index (χ1v) is 6.37. The van der Waals surface area contributed by atoms with E-state index < -0.39 is 17.9 Å². The lowest BCUT2D eigenvalue weighted by Gasteiger charge is -2.23. The standard InChI is InChI=1S/C12H20N2O5/c1-8(7-11(16)17)6-10(15)14-12(18)13-9-2-4-19-5-3-9/h8-9H,2-7H2,1H3,(H,16,17)(H2,13,14,15,18). The van der Waals surface area contributed by atoms with Crippen molar-refractivity contribution in [2.45, 2.75) is 38.6 Å². The number of rotatable bonds is 5. The summed E-state index contributed by atoms with van der Waals surface area (Å²) in [5.74, 6) is -1.71. The summed E-state index contributed by atoms with van der Waals surface area (Å²) in [6, 6.07) is -0.502. The summed E-state index contributed by atoms with van der Waals surface area (Å²) in [5, 5.41) is 13.5. The van der Waals surface area contributed by atoms with E-state index in [1.807, 2.05) is 0 Å². The first kappa shape index (κ1) is 15.4. The van der Waals surface area contributed by atoms with E-state index in [4.69, 9.17) is 9.84 Å². The SMILES string of the molecule is CC(CC(=O)O)CC(=O)NC(=O)NC1CCOCC1. The number of carbonyl (C=O) groups excluding carboxylic acids is 2. The maximum atomic E-state index is 11.5. The molecular formula is C12H20N2O5. The Morgan fingerprint density at radius 3 is 2.47 bits per heavy atom. The number of ether oxygens (including phenoxy) is 1. The lowest BCUT2D eigenvalue weighted by Crippen LogP contribution is -2.46. The van der Waals surface area contributed by atoms with Gasteiger partial charge in [-0.15, -0.1) is 0 Å². The molecule has 0 aromatic carbocycles. The molecule has 108 valence electrons. The fourth-order valence-electron chi connectivity index (χ4n) is 1.93. The van der Waals surface area contributed by atoms with Crippen LogP contribution in [0.25, 0.3) is 0 Å². The number of carboxylic acid groups (broad SMARTS) is 1. The Morgan fingerprint density at radius 1 is 1.26 bits per heavy atom. The van der Waals surface area contributed by atoms with Gasteiger partial charge in [0.25, 0.3) is 0 Å². The molecule has 0 saturated carbocycles. The van der Waals surface area contributed by atoms with E-state index in [2.05, 4.69) is 10.6 Å². The number of carbonyl (C=O) groups is 3. The van der Waals surface area contributed by atoms with Gasteiger partial charge in [-0.05, 0) is 18.8 Å². The van der Waals surface area contributed by atoms with Gasteiger partial charge >= 0.3 is 12.0 Å². The number of amides is 3. The number of hydrogen-bond donors (Lipinski definition) is 3. The first-order valence-electron chi connectivity index (χ1n) is 6.37. The Labute approximate surface area is 111 Å². The molecule has 3 amide bonds. The molecule has 7 nitrogen and oxygen atoms in total. The summed E-state index contributed by atoms with van der Waals surface area (Å²) < 4.78 is 5.16. The van der Waals surface area contributed by atoms with Crippen molar-refractivity contribution in [3.63, 3.8) is 0 Å². The molecular weight excluding hydrogens is 252 g/mol. The number of imide groups is 1. The van der Waals surface area contributed by atoms with E-state index in [-0.39, 0.29) is 24.8 Å². The van der Waals surface area contributed by atoms with Crippen molar-refractivity contribution in [1.29, 1.82) is 0 Å². The van der Waals surface area contributed by atoms with Crippen molar-refractivity contribution in [3.05, 3.63) is 0 Å². The molecule has 1 fully saturated rings. The molecule has 0 aromatic rings. The van der Waals surface area contributed by atoms with Crippen LogP contribution in [-0.4, -0.2) is 42.3 Å². The molecule has 1 rings (SSSR count). The van der Waals surface area contributed by atoms with Crippen LogP contribution < -0.4 is 10.6 Å².